The summed E-state index contributed by atoms with van der Waals surface area (Å²) >= 11 is 0. The van der Waals surface area contributed by atoms with E-state index in [1.165, 1.54) is 65.0 Å². The van der Waals surface area contributed by atoms with Crippen LogP contribution in [0.5, 0.6) is 0 Å². The molecule has 0 aromatic heterocycles. The molecule has 2 heterocycles. The van der Waals surface area contributed by atoms with Crippen LogP contribution in [0.4, 0.5) is 0 Å². The van der Waals surface area contributed by atoms with Crippen LogP contribution in [0.2, 0.25) is 0 Å². The molecule has 0 unspecified atom stereocenters. The average Bonchev–Trinajstić information content (AvgIpc) is 2.48. The van der Waals surface area contributed by atoms with Crippen molar-refractivity contribution in [3.63, 3.8) is 0 Å². The molecule has 0 aromatic carbocycles. The van der Waals surface area contributed by atoms with E-state index < -0.39 is 0 Å². The van der Waals surface area contributed by atoms with Gasteiger partial charge in [0.2, 0.25) is 0 Å². The Hall–Kier alpha value is -0.120. The van der Waals surface area contributed by atoms with Crippen LogP contribution in [-0.2, 0) is 0 Å². The van der Waals surface area contributed by atoms with E-state index in [4.69, 9.17) is 0 Å². The number of rotatable bonds is 5. The summed E-state index contributed by atoms with van der Waals surface area (Å²) in [4.78, 5) is 8.26. The molecule has 3 aliphatic rings. The summed E-state index contributed by atoms with van der Waals surface area (Å²) in [5, 5.41) is 0. The summed E-state index contributed by atoms with van der Waals surface area (Å²) in [7, 11) is 0. The molecule has 0 amide bonds. The van der Waals surface area contributed by atoms with Gasteiger partial charge in [-0.25, -0.2) is 0 Å². The lowest BCUT2D eigenvalue weighted by atomic mass is 9.73. The predicted octanol–water partition coefficient (Wildman–Crippen LogP) is 3.55. The highest BCUT2D eigenvalue weighted by molar-refractivity contribution is 4.92. The van der Waals surface area contributed by atoms with Crippen LogP contribution in [0, 0.1) is 17.8 Å². The fraction of sp³-hybridized carbons (Fsp3) is 1.00. The maximum atomic E-state index is 2.81. The highest BCUT2D eigenvalue weighted by atomic mass is 15.3. The molecule has 0 radical (unpaired) electrons. The zero-order valence-corrected chi connectivity index (χ0v) is 16.9. The van der Waals surface area contributed by atoms with E-state index in [0.717, 1.165) is 35.9 Å². The summed E-state index contributed by atoms with van der Waals surface area (Å²) in [5.74, 6) is 2.81. The van der Waals surface area contributed by atoms with E-state index in [1.807, 2.05) is 0 Å². The van der Waals surface area contributed by atoms with E-state index in [2.05, 4.69) is 49.3 Å². The van der Waals surface area contributed by atoms with Gasteiger partial charge in [0.1, 0.15) is 0 Å². The topological polar surface area (TPSA) is 9.72 Å². The summed E-state index contributed by atoms with van der Waals surface area (Å²) in [6, 6.07) is 2.38. The van der Waals surface area contributed by atoms with Gasteiger partial charge in [0.15, 0.2) is 0 Å². The third kappa shape index (κ3) is 4.34. The first-order chi connectivity index (χ1) is 11.4. The van der Waals surface area contributed by atoms with E-state index in [1.54, 1.807) is 0 Å². The number of hydrogen-bond acceptors (Lipinski definition) is 3. The SMILES string of the molecule is CC(C)C1CC(N2CCN(CC3CCN(C(C)C)CC3)[C@@H](C)C2)C1. The third-order valence-electron chi connectivity index (χ3n) is 7.28. The lowest BCUT2D eigenvalue weighted by Crippen LogP contribution is -2.58. The van der Waals surface area contributed by atoms with Gasteiger partial charge in [-0.3, -0.25) is 9.80 Å². The van der Waals surface area contributed by atoms with Gasteiger partial charge in [0, 0.05) is 44.3 Å². The lowest BCUT2D eigenvalue weighted by molar-refractivity contribution is -0.00996. The second kappa shape index (κ2) is 8.05. The largest absolute Gasteiger partial charge is 0.301 e. The van der Waals surface area contributed by atoms with Crippen molar-refractivity contribution in [2.24, 2.45) is 17.8 Å². The Kier molecular flexibility index (Phi) is 6.26. The fourth-order valence-corrected chi connectivity index (χ4v) is 5.08. The van der Waals surface area contributed by atoms with Gasteiger partial charge in [-0.15, -0.1) is 0 Å². The van der Waals surface area contributed by atoms with Crippen molar-refractivity contribution in [1.82, 2.24) is 14.7 Å². The number of piperidine rings is 1. The molecule has 140 valence electrons. The van der Waals surface area contributed by atoms with Crippen LogP contribution in [0.1, 0.15) is 60.3 Å². The van der Waals surface area contributed by atoms with E-state index in [9.17, 15) is 0 Å². The number of nitrogens with zero attached hydrogens (tertiary/aromatic N) is 3. The fourth-order valence-electron chi connectivity index (χ4n) is 5.08. The third-order valence-corrected chi connectivity index (χ3v) is 7.28. The molecule has 24 heavy (non-hydrogen) atoms. The molecule has 3 rings (SSSR count). The monoisotopic (exact) mass is 335 g/mol. The maximum absolute atomic E-state index is 2.81. The number of piperazine rings is 1. The van der Waals surface area contributed by atoms with Gasteiger partial charge in [-0.1, -0.05) is 13.8 Å². The zero-order valence-electron chi connectivity index (χ0n) is 16.9. The zero-order chi connectivity index (χ0) is 17.3. The predicted molar refractivity (Wildman–Crippen MR) is 103 cm³/mol. The molecular formula is C21H41N3. The van der Waals surface area contributed by atoms with Crippen molar-refractivity contribution < 1.29 is 0 Å². The molecule has 0 spiro atoms. The summed E-state index contributed by atoms with van der Waals surface area (Å²) in [6.45, 7) is 19.8. The van der Waals surface area contributed by atoms with Crippen molar-refractivity contribution in [2.45, 2.75) is 78.4 Å². The quantitative estimate of drug-likeness (QED) is 0.761. The van der Waals surface area contributed by atoms with Crippen LogP contribution in [-0.4, -0.2) is 72.1 Å². The first-order valence-corrected chi connectivity index (χ1v) is 10.7. The second-order valence-corrected chi connectivity index (χ2v) is 9.54. The summed E-state index contributed by atoms with van der Waals surface area (Å²) < 4.78 is 0. The van der Waals surface area contributed by atoms with Crippen molar-refractivity contribution in [1.29, 1.82) is 0 Å². The Morgan fingerprint density at radius 1 is 0.917 bits per heavy atom. The Morgan fingerprint density at radius 3 is 2.12 bits per heavy atom. The van der Waals surface area contributed by atoms with Crippen LogP contribution < -0.4 is 0 Å². The average molecular weight is 336 g/mol. The van der Waals surface area contributed by atoms with Crippen LogP contribution in [0.15, 0.2) is 0 Å². The van der Waals surface area contributed by atoms with E-state index in [-0.39, 0.29) is 0 Å². The minimum atomic E-state index is 0.727. The molecule has 2 aliphatic heterocycles. The first kappa shape index (κ1) is 18.7. The van der Waals surface area contributed by atoms with Gasteiger partial charge in [-0.2, -0.15) is 0 Å². The van der Waals surface area contributed by atoms with Crippen molar-refractivity contribution >= 4 is 0 Å². The lowest BCUT2D eigenvalue weighted by Gasteiger charge is -2.50. The van der Waals surface area contributed by atoms with Gasteiger partial charge in [0.25, 0.3) is 0 Å². The van der Waals surface area contributed by atoms with Crippen molar-refractivity contribution in [2.75, 3.05) is 39.3 Å². The van der Waals surface area contributed by atoms with Gasteiger partial charge >= 0.3 is 0 Å². The van der Waals surface area contributed by atoms with Crippen LogP contribution in [0.3, 0.4) is 0 Å². The molecule has 0 bridgehead atoms. The van der Waals surface area contributed by atoms with Crippen molar-refractivity contribution in [3.8, 4) is 0 Å². The highest BCUT2D eigenvalue weighted by Gasteiger charge is 2.38. The minimum Gasteiger partial charge on any atom is -0.301 e. The molecule has 3 fully saturated rings. The molecule has 2 saturated heterocycles. The molecule has 3 heteroatoms. The van der Waals surface area contributed by atoms with Crippen LogP contribution >= 0.6 is 0 Å². The maximum Gasteiger partial charge on any atom is 0.0195 e. The second-order valence-electron chi connectivity index (χ2n) is 9.54. The molecule has 1 aliphatic carbocycles. The van der Waals surface area contributed by atoms with E-state index in [0.29, 0.717) is 0 Å². The molecule has 3 nitrogen and oxygen atoms in total. The molecule has 0 N–H and O–H groups in total. The van der Waals surface area contributed by atoms with E-state index >= 15 is 0 Å². The smallest absolute Gasteiger partial charge is 0.0195 e. The Labute approximate surface area is 150 Å². The Morgan fingerprint density at radius 2 is 1.58 bits per heavy atom. The molecule has 1 atom stereocenters. The number of hydrogen-bond donors (Lipinski definition) is 0. The number of likely N-dealkylation sites (tertiary alicyclic amines) is 1. The molecule has 1 saturated carbocycles. The standard InChI is InChI=1S/C21H41N3/c1-16(2)20-12-21(13-20)24-11-10-23(18(5)14-24)15-19-6-8-22(9-7-19)17(3)4/h16-21H,6-15H2,1-5H3/t18-,20?,21?/m0/s1. The summed E-state index contributed by atoms with van der Waals surface area (Å²) in [5.41, 5.74) is 0. The normalized spacial score (nSPS) is 34.9. The van der Waals surface area contributed by atoms with Gasteiger partial charge in [-0.05, 0) is 77.3 Å². The Balaban J connectivity index is 1.39. The Bertz CT molecular complexity index is 381. The molecule has 0 aromatic rings. The molecular weight excluding hydrogens is 294 g/mol. The van der Waals surface area contributed by atoms with Crippen LogP contribution in [0.25, 0.3) is 0 Å². The van der Waals surface area contributed by atoms with Crippen molar-refractivity contribution in [3.05, 3.63) is 0 Å². The van der Waals surface area contributed by atoms with Gasteiger partial charge < -0.3 is 4.90 Å². The van der Waals surface area contributed by atoms with Gasteiger partial charge in [0.05, 0.1) is 0 Å². The minimum absolute atomic E-state index is 0.727. The first-order valence-electron chi connectivity index (χ1n) is 10.7. The summed E-state index contributed by atoms with van der Waals surface area (Å²) in [6.07, 6.45) is 5.73. The highest BCUT2D eigenvalue weighted by Crippen LogP contribution is 2.37.